The van der Waals surface area contributed by atoms with E-state index in [1.54, 1.807) is 31.2 Å². The molecule has 0 spiro atoms. The number of rotatable bonds is 9. The molecule has 10 heteroatoms. The van der Waals surface area contributed by atoms with Crippen molar-refractivity contribution in [2.45, 2.75) is 25.1 Å². The summed E-state index contributed by atoms with van der Waals surface area (Å²) < 4.78 is 13.7. The first-order valence-electron chi connectivity index (χ1n) is 9.88. The van der Waals surface area contributed by atoms with E-state index >= 15 is 0 Å². The van der Waals surface area contributed by atoms with E-state index in [1.165, 1.54) is 11.8 Å². The molecular weight excluding hydrogens is 496 g/mol. The predicted octanol–water partition coefficient (Wildman–Crippen LogP) is 4.63. The van der Waals surface area contributed by atoms with Gasteiger partial charge in [0, 0.05) is 17.2 Å². The maximum Gasteiger partial charge on any atom is 0.338 e. The van der Waals surface area contributed by atoms with Gasteiger partial charge in [-0.3, -0.25) is 4.79 Å². The number of benzene rings is 2. The van der Waals surface area contributed by atoms with Crippen molar-refractivity contribution in [3.05, 3.63) is 64.4 Å². The fourth-order valence-electron chi connectivity index (χ4n) is 2.81. The predicted molar refractivity (Wildman–Crippen MR) is 126 cm³/mol. The van der Waals surface area contributed by atoms with E-state index in [1.807, 2.05) is 42.8 Å². The lowest BCUT2D eigenvalue weighted by Gasteiger charge is -2.14. The number of carbonyl (C=O) groups is 2. The normalized spacial score (nSPS) is 11.6. The summed E-state index contributed by atoms with van der Waals surface area (Å²) in [6, 6.07) is 14.1. The van der Waals surface area contributed by atoms with Gasteiger partial charge in [-0.05, 0) is 62.4 Å². The molecule has 3 rings (SSSR count). The van der Waals surface area contributed by atoms with Crippen molar-refractivity contribution < 1.29 is 19.1 Å². The smallest absolute Gasteiger partial charge is 0.338 e. The van der Waals surface area contributed by atoms with Crippen LogP contribution in [0.15, 0.2) is 58.2 Å². The third kappa shape index (κ3) is 6.33. The van der Waals surface area contributed by atoms with Gasteiger partial charge in [-0.25, -0.2) is 4.79 Å². The zero-order chi connectivity index (χ0) is 23.1. The number of esters is 1. The van der Waals surface area contributed by atoms with Crippen molar-refractivity contribution in [3.8, 4) is 5.75 Å². The van der Waals surface area contributed by atoms with Crippen molar-refractivity contribution in [2.75, 3.05) is 17.7 Å². The van der Waals surface area contributed by atoms with Crippen LogP contribution in [-0.4, -0.2) is 39.0 Å². The lowest BCUT2D eigenvalue weighted by Crippen LogP contribution is -2.15. The second-order valence-corrected chi connectivity index (χ2v) is 8.61. The highest BCUT2D eigenvalue weighted by atomic mass is 79.9. The minimum absolute atomic E-state index is 0.160. The molecule has 0 saturated carbocycles. The number of hydrogen-bond acceptors (Lipinski definition) is 7. The molecular formula is C22H23BrN4O4S. The van der Waals surface area contributed by atoms with E-state index in [0.717, 1.165) is 10.2 Å². The highest BCUT2D eigenvalue weighted by Gasteiger charge is 2.18. The SMILES string of the molecule is CCOC(=O)c1ccc(NC(=O)CSc2nnc(C(C)Oc3ccc(Br)cc3)n2C)cc1. The molecule has 1 heterocycles. The number of aromatic nitrogens is 3. The molecule has 8 nitrogen and oxygen atoms in total. The fourth-order valence-corrected chi connectivity index (χ4v) is 3.79. The van der Waals surface area contributed by atoms with Gasteiger partial charge in [0.05, 0.1) is 17.9 Å². The Bertz CT molecular complexity index is 1070. The molecule has 0 aliphatic carbocycles. The van der Waals surface area contributed by atoms with E-state index in [-0.39, 0.29) is 17.8 Å². The molecule has 0 fully saturated rings. The van der Waals surface area contributed by atoms with E-state index < -0.39 is 5.97 Å². The molecule has 2 aromatic carbocycles. The topological polar surface area (TPSA) is 95.3 Å². The van der Waals surface area contributed by atoms with Crippen LogP contribution < -0.4 is 10.1 Å². The van der Waals surface area contributed by atoms with Crippen molar-refractivity contribution in [1.82, 2.24) is 14.8 Å². The van der Waals surface area contributed by atoms with E-state index in [9.17, 15) is 9.59 Å². The summed E-state index contributed by atoms with van der Waals surface area (Å²) in [7, 11) is 1.84. The third-order valence-corrected chi connectivity index (χ3v) is 5.92. The van der Waals surface area contributed by atoms with Crippen LogP contribution in [0.1, 0.15) is 36.1 Å². The van der Waals surface area contributed by atoms with Gasteiger partial charge in [-0.1, -0.05) is 27.7 Å². The lowest BCUT2D eigenvalue weighted by atomic mass is 10.2. The standard InChI is InChI=1S/C22H23BrN4O4S/c1-4-30-21(29)15-5-9-17(10-6-15)24-19(28)13-32-22-26-25-20(27(22)3)14(2)31-18-11-7-16(23)8-12-18/h5-12,14H,4,13H2,1-3H3,(H,24,28). The molecule has 0 saturated heterocycles. The Hall–Kier alpha value is -2.85. The zero-order valence-corrected chi connectivity index (χ0v) is 20.3. The summed E-state index contributed by atoms with van der Waals surface area (Å²) in [6.07, 6.45) is -0.310. The van der Waals surface area contributed by atoms with Crippen LogP contribution in [0.5, 0.6) is 5.75 Å². The highest BCUT2D eigenvalue weighted by molar-refractivity contribution is 9.10. The first-order chi connectivity index (χ1) is 15.4. The summed E-state index contributed by atoms with van der Waals surface area (Å²) in [5.41, 5.74) is 1.03. The Morgan fingerprint density at radius 2 is 1.81 bits per heavy atom. The summed E-state index contributed by atoms with van der Waals surface area (Å²) in [6.45, 7) is 3.96. The molecule has 0 bridgehead atoms. The minimum Gasteiger partial charge on any atom is -0.483 e. The molecule has 1 unspecified atom stereocenters. The fraction of sp³-hybridized carbons (Fsp3) is 0.273. The van der Waals surface area contributed by atoms with E-state index in [4.69, 9.17) is 9.47 Å². The first-order valence-corrected chi connectivity index (χ1v) is 11.7. The van der Waals surface area contributed by atoms with Crippen molar-refractivity contribution in [2.24, 2.45) is 7.05 Å². The Morgan fingerprint density at radius 3 is 2.47 bits per heavy atom. The van der Waals surface area contributed by atoms with Gasteiger partial charge in [-0.2, -0.15) is 0 Å². The van der Waals surface area contributed by atoms with E-state index in [2.05, 4.69) is 31.4 Å². The van der Waals surface area contributed by atoms with Gasteiger partial charge in [0.25, 0.3) is 0 Å². The number of thioether (sulfide) groups is 1. The van der Waals surface area contributed by atoms with Crippen LogP contribution in [0, 0.1) is 0 Å². The summed E-state index contributed by atoms with van der Waals surface area (Å²) in [4.78, 5) is 24.0. The molecule has 3 aromatic rings. The molecule has 0 aliphatic rings. The Labute approximate surface area is 198 Å². The minimum atomic E-state index is -0.391. The average Bonchev–Trinajstić information content (AvgIpc) is 3.15. The molecule has 1 aromatic heterocycles. The van der Waals surface area contributed by atoms with Gasteiger partial charge >= 0.3 is 5.97 Å². The van der Waals surface area contributed by atoms with Gasteiger partial charge in [0.2, 0.25) is 5.91 Å². The Balaban J connectivity index is 1.53. The van der Waals surface area contributed by atoms with Crippen molar-refractivity contribution >= 4 is 45.3 Å². The second-order valence-electron chi connectivity index (χ2n) is 6.75. The van der Waals surface area contributed by atoms with Crippen molar-refractivity contribution in [1.29, 1.82) is 0 Å². The van der Waals surface area contributed by atoms with Gasteiger partial charge in [-0.15, -0.1) is 10.2 Å². The van der Waals surface area contributed by atoms with Gasteiger partial charge < -0.3 is 19.4 Å². The third-order valence-electron chi connectivity index (χ3n) is 4.37. The quantitative estimate of drug-likeness (QED) is 0.326. The van der Waals surface area contributed by atoms with Crippen LogP contribution >= 0.6 is 27.7 Å². The Kier molecular flexibility index (Phi) is 8.29. The van der Waals surface area contributed by atoms with Crippen LogP contribution in [0.3, 0.4) is 0 Å². The van der Waals surface area contributed by atoms with Crippen LogP contribution in [0.4, 0.5) is 5.69 Å². The van der Waals surface area contributed by atoms with Gasteiger partial charge in [0.1, 0.15) is 5.75 Å². The molecule has 0 radical (unpaired) electrons. The number of amides is 1. The second kappa shape index (κ2) is 11.1. The number of ether oxygens (including phenoxy) is 2. The molecule has 32 heavy (non-hydrogen) atoms. The highest BCUT2D eigenvalue weighted by Crippen LogP contribution is 2.25. The van der Waals surface area contributed by atoms with Crippen molar-refractivity contribution in [3.63, 3.8) is 0 Å². The lowest BCUT2D eigenvalue weighted by molar-refractivity contribution is -0.113. The number of anilines is 1. The van der Waals surface area contributed by atoms with Crippen LogP contribution in [0.25, 0.3) is 0 Å². The Morgan fingerprint density at radius 1 is 1.12 bits per heavy atom. The molecule has 1 atom stereocenters. The largest absolute Gasteiger partial charge is 0.483 e. The number of hydrogen-bond donors (Lipinski definition) is 1. The van der Waals surface area contributed by atoms with Crippen LogP contribution in [0.2, 0.25) is 0 Å². The summed E-state index contributed by atoms with van der Waals surface area (Å²) >= 11 is 4.68. The summed E-state index contributed by atoms with van der Waals surface area (Å²) in [5.74, 6) is 0.963. The maximum atomic E-state index is 12.3. The molecule has 1 amide bonds. The maximum absolute atomic E-state index is 12.3. The average molecular weight is 519 g/mol. The number of nitrogens with one attached hydrogen (secondary N) is 1. The molecule has 0 aliphatic heterocycles. The monoisotopic (exact) mass is 518 g/mol. The van der Waals surface area contributed by atoms with E-state index in [0.29, 0.717) is 28.8 Å². The summed E-state index contributed by atoms with van der Waals surface area (Å²) in [5, 5.41) is 11.8. The number of nitrogens with zero attached hydrogens (tertiary/aromatic N) is 3. The zero-order valence-electron chi connectivity index (χ0n) is 17.9. The molecule has 1 N–H and O–H groups in total. The molecule has 168 valence electrons. The number of carbonyl (C=O) groups excluding carboxylic acids is 2. The van der Waals surface area contributed by atoms with Gasteiger partial charge in [0.15, 0.2) is 17.1 Å². The van der Waals surface area contributed by atoms with Crippen LogP contribution in [-0.2, 0) is 16.6 Å². The number of halogens is 1. The first kappa shape index (κ1) is 23.8.